The first-order chi connectivity index (χ1) is 24.1. The monoisotopic (exact) mass is 847 g/mol. The summed E-state index contributed by atoms with van der Waals surface area (Å²) in [5, 5.41) is 5.14. The van der Waals surface area contributed by atoms with E-state index in [1.54, 1.807) is 0 Å². The van der Waals surface area contributed by atoms with Gasteiger partial charge in [0.05, 0.1) is 10.8 Å². The molecule has 0 saturated carbocycles. The molecular weight excluding hydrogens is 810 g/mol. The van der Waals surface area contributed by atoms with Crippen molar-refractivity contribution < 1.29 is 27.2 Å². The number of benzene rings is 4. The first kappa shape index (κ1) is 40.3. The number of allylic oxidation sites excluding steroid dienone is 1. The number of carbonyl (C=O) groups excluding carboxylic acids is 2. The molecule has 51 heavy (non-hydrogen) atoms. The Balaban J connectivity index is 1.76. The average Bonchev–Trinajstić information content (AvgIpc) is 3.10. The zero-order valence-electron chi connectivity index (χ0n) is 28.0. The highest BCUT2D eigenvalue weighted by atomic mass is 79.9. The van der Waals surface area contributed by atoms with Crippen LogP contribution in [-0.4, -0.2) is 46.8 Å². The van der Waals surface area contributed by atoms with Gasteiger partial charge in [0.1, 0.15) is 11.7 Å². The maximum atomic E-state index is 15.3. The molecule has 270 valence electrons. The molecule has 0 aromatic heterocycles. The standard InChI is InChI=1S/C39H39Br2F4N3O2S/c1-36(2,42)25-32(48-37(23-12-24-40,39(43,44)45)27-19-21-31(41)22-20-27)35(50)47-33(34(46)49)26-51-38(28-13-6-3-7-14-28,29-15-8-4-9-16-29)30-17-10-5-11-18-30/h3-23,32-33,48H,24-26H2,1-2H3,(H2,46,49)(H,47,50)/t32?,33-,37-/m0/s1. The summed E-state index contributed by atoms with van der Waals surface area (Å²) in [5.41, 5.74) is 3.35. The van der Waals surface area contributed by atoms with Crippen LogP contribution < -0.4 is 16.4 Å². The van der Waals surface area contributed by atoms with E-state index in [1.165, 1.54) is 56.0 Å². The maximum absolute atomic E-state index is 15.3. The second-order valence-electron chi connectivity index (χ2n) is 12.5. The lowest BCUT2D eigenvalue weighted by atomic mass is 9.84. The number of hydrogen-bond donors (Lipinski definition) is 3. The second kappa shape index (κ2) is 17.4. The summed E-state index contributed by atoms with van der Waals surface area (Å²) in [5.74, 6) is -1.97. The fourth-order valence-corrected chi connectivity index (χ4v) is 7.94. The Morgan fingerprint density at radius 3 is 1.63 bits per heavy atom. The largest absolute Gasteiger partial charge is 0.414 e. The number of rotatable bonds is 16. The van der Waals surface area contributed by atoms with E-state index in [4.69, 9.17) is 5.73 Å². The molecule has 0 radical (unpaired) electrons. The van der Waals surface area contributed by atoms with Crippen LogP contribution in [0.1, 0.15) is 42.5 Å². The lowest BCUT2D eigenvalue weighted by Gasteiger charge is -2.39. The van der Waals surface area contributed by atoms with E-state index in [0.29, 0.717) is 4.47 Å². The Morgan fingerprint density at radius 2 is 1.24 bits per heavy atom. The van der Waals surface area contributed by atoms with Gasteiger partial charge in [0.25, 0.3) is 0 Å². The van der Waals surface area contributed by atoms with Crippen molar-refractivity contribution >= 4 is 55.4 Å². The van der Waals surface area contributed by atoms with Crippen molar-refractivity contribution in [2.24, 2.45) is 5.73 Å². The fraction of sp³-hybridized carbons (Fsp3) is 0.282. The van der Waals surface area contributed by atoms with Crippen molar-refractivity contribution in [1.29, 1.82) is 0 Å². The molecule has 0 aliphatic rings. The molecule has 5 nitrogen and oxygen atoms in total. The van der Waals surface area contributed by atoms with Gasteiger partial charge in [-0.15, -0.1) is 11.8 Å². The zero-order valence-corrected chi connectivity index (χ0v) is 32.0. The van der Waals surface area contributed by atoms with Crippen LogP contribution in [0.3, 0.4) is 0 Å². The molecule has 12 heteroatoms. The average molecular weight is 850 g/mol. The molecule has 4 aromatic carbocycles. The predicted molar refractivity (Wildman–Crippen MR) is 204 cm³/mol. The molecule has 3 atom stereocenters. The maximum Gasteiger partial charge on any atom is 0.414 e. The summed E-state index contributed by atoms with van der Waals surface area (Å²) in [7, 11) is 0. The van der Waals surface area contributed by atoms with E-state index in [9.17, 15) is 9.59 Å². The smallest absolute Gasteiger partial charge is 0.368 e. The van der Waals surface area contributed by atoms with Gasteiger partial charge in [-0.2, -0.15) is 13.2 Å². The van der Waals surface area contributed by atoms with E-state index in [1.807, 2.05) is 91.0 Å². The third kappa shape index (κ3) is 9.91. The van der Waals surface area contributed by atoms with Gasteiger partial charge >= 0.3 is 6.18 Å². The Labute approximate surface area is 317 Å². The Hall–Kier alpha value is -3.45. The van der Waals surface area contributed by atoms with Crippen LogP contribution in [0.25, 0.3) is 0 Å². The lowest BCUT2D eigenvalue weighted by Crippen LogP contribution is -2.62. The number of nitrogens with two attached hydrogens (primary N) is 1. The first-order valence-electron chi connectivity index (χ1n) is 16.1. The molecular formula is C39H39Br2F4N3O2S. The van der Waals surface area contributed by atoms with E-state index < -0.39 is 52.4 Å². The summed E-state index contributed by atoms with van der Waals surface area (Å²) in [4.78, 5) is 27.1. The molecule has 4 aromatic rings. The molecule has 0 aliphatic heterocycles. The third-order valence-corrected chi connectivity index (χ3v) is 10.8. The van der Waals surface area contributed by atoms with Gasteiger partial charge in [-0.3, -0.25) is 14.9 Å². The van der Waals surface area contributed by atoms with Crippen LogP contribution in [0.4, 0.5) is 17.6 Å². The van der Waals surface area contributed by atoms with Crippen molar-refractivity contribution in [2.45, 2.75) is 54.5 Å². The summed E-state index contributed by atoms with van der Waals surface area (Å²) in [6.45, 7) is 2.35. The highest BCUT2D eigenvalue weighted by Gasteiger charge is 2.56. The number of hydrogen-bond acceptors (Lipinski definition) is 4. The van der Waals surface area contributed by atoms with Gasteiger partial charge in [0.15, 0.2) is 5.54 Å². The van der Waals surface area contributed by atoms with Gasteiger partial charge in [0.2, 0.25) is 11.8 Å². The molecule has 0 bridgehead atoms. The molecule has 2 amide bonds. The molecule has 0 fully saturated rings. The number of carbonyl (C=O) groups is 2. The lowest BCUT2D eigenvalue weighted by molar-refractivity contribution is -0.188. The number of alkyl halides is 5. The van der Waals surface area contributed by atoms with Crippen molar-refractivity contribution in [2.75, 3.05) is 11.1 Å². The molecule has 0 spiro atoms. The van der Waals surface area contributed by atoms with E-state index in [0.717, 1.165) is 22.8 Å². The molecule has 0 saturated heterocycles. The topological polar surface area (TPSA) is 84.2 Å². The van der Waals surface area contributed by atoms with Crippen LogP contribution in [0.5, 0.6) is 0 Å². The van der Waals surface area contributed by atoms with Crippen LogP contribution in [0, 0.1) is 0 Å². The quantitative estimate of drug-likeness (QED) is 0.0456. The summed E-state index contributed by atoms with van der Waals surface area (Å²) >= 11 is 7.75. The minimum absolute atomic E-state index is 0.0634. The number of amides is 2. The Bertz CT molecular complexity index is 1660. The summed E-state index contributed by atoms with van der Waals surface area (Å²) in [6.07, 6.45) is -3.45. The fourth-order valence-electron chi connectivity index (χ4n) is 5.92. The van der Waals surface area contributed by atoms with Gasteiger partial charge in [-0.05, 0) is 48.2 Å². The SMILES string of the molecule is CC(C)(F)CC(N[C@@](C=CCBr)(c1ccc(Br)cc1)C(F)(F)F)C(=O)N[C@@H](CSC(c1ccccc1)(c1ccccc1)c1ccccc1)C(N)=O. The number of primary amides is 1. The van der Waals surface area contributed by atoms with Gasteiger partial charge < -0.3 is 11.1 Å². The Morgan fingerprint density at radius 1 is 0.765 bits per heavy atom. The molecule has 0 heterocycles. The van der Waals surface area contributed by atoms with Crippen molar-refractivity contribution in [1.82, 2.24) is 10.6 Å². The first-order valence-corrected chi connectivity index (χ1v) is 19.0. The number of nitrogens with one attached hydrogen (secondary N) is 2. The van der Waals surface area contributed by atoms with E-state index >= 15 is 17.6 Å². The highest BCUT2D eigenvalue weighted by molar-refractivity contribution is 9.10. The zero-order chi connectivity index (χ0) is 37.3. The predicted octanol–water partition coefficient (Wildman–Crippen LogP) is 8.95. The Kier molecular flexibility index (Phi) is 13.7. The van der Waals surface area contributed by atoms with E-state index in [-0.39, 0.29) is 16.6 Å². The van der Waals surface area contributed by atoms with Gasteiger partial charge in [-0.1, -0.05) is 147 Å². The molecule has 4 N–H and O–H groups in total. The minimum Gasteiger partial charge on any atom is -0.368 e. The van der Waals surface area contributed by atoms with Crippen LogP contribution in [0.2, 0.25) is 0 Å². The summed E-state index contributed by atoms with van der Waals surface area (Å²) < 4.78 is 60.7. The normalized spacial score (nSPS) is 14.8. The molecule has 1 unspecified atom stereocenters. The van der Waals surface area contributed by atoms with Crippen LogP contribution in [0.15, 0.2) is 132 Å². The van der Waals surface area contributed by atoms with Gasteiger partial charge in [-0.25, -0.2) is 4.39 Å². The molecule has 4 rings (SSSR count). The minimum atomic E-state index is -4.97. The van der Waals surface area contributed by atoms with Crippen LogP contribution in [-0.2, 0) is 19.9 Å². The van der Waals surface area contributed by atoms with Crippen molar-refractivity contribution in [3.63, 3.8) is 0 Å². The van der Waals surface area contributed by atoms with Crippen LogP contribution >= 0.6 is 43.6 Å². The highest BCUT2D eigenvalue weighted by Crippen LogP contribution is 2.49. The van der Waals surface area contributed by atoms with Gasteiger partial charge in [0, 0.05) is 22.0 Å². The summed E-state index contributed by atoms with van der Waals surface area (Å²) in [6, 6.07) is 31.3. The van der Waals surface area contributed by atoms with Crippen molar-refractivity contribution in [3.05, 3.63) is 154 Å². The molecule has 0 aliphatic carbocycles. The van der Waals surface area contributed by atoms with E-state index in [2.05, 4.69) is 42.5 Å². The van der Waals surface area contributed by atoms with Crippen molar-refractivity contribution in [3.8, 4) is 0 Å². The second-order valence-corrected chi connectivity index (χ2v) is 15.3. The third-order valence-electron chi connectivity index (χ3n) is 8.28. The number of halogens is 6. The number of thioether (sulfide) groups is 1.